The number of aromatic hydroxyl groups is 1. The summed E-state index contributed by atoms with van der Waals surface area (Å²) in [6, 6.07) is 8.63. The maximum absolute atomic E-state index is 12.2. The molecule has 0 aliphatic rings. The number of rotatable bonds is 5. The highest BCUT2D eigenvalue weighted by molar-refractivity contribution is 5.98. The summed E-state index contributed by atoms with van der Waals surface area (Å²) >= 11 is 0. The molecular weight excluding hydrogens is 314 g/mol. The lowest BCUT2D eigenvalue weighted by Gasteiger charge is -2.06. The van der Waals surface area contributed by atoms with Gasteiger partial charge in [-0.1, -0.05) is 11.6 Å². The van der Waals surface area contributed by atoms with Gasteiger partial charge in [0, 0.05) is 17.7 Å². The van der Waals surface area contributed by atoms with Gasteiger partial charge in [0.2, 0.25) is 0 Å². The van der Waals surface area contributed by atoms with E-state index in [2.05, 4.69) is 10.5 Å². The molecule has 2 N–H and O–H groups in total. The van der Waals surface area contributed by atoms with Gasteiger partial charge in [-0.15, -0.1) is 0 Å². The molecule has 0 aliphatic carbocycles. The maximum Gasteiger partial charge on any atom is 0.275 e. The quantitative estimate of drug-likeness (QED) is 0.496. The number of amides is 1. The van der Waals surface area contributed by atoms with E-state index in [9.17, 15) is 20.0 Å². The van der Waals surface area contributed by atoms with Crippen LogP contribution in [-0.2, 0) is 0 Å². The van der Waals surface area contributed by atoms with Crippen LogP contribution in [0.3, 0.4) is 0 Å². The minimum Gasteiger partial charge on any atom is -0.507 e. The first-order valence-corrected chi connectivity index (χ1v) is 6.88. The summed E-state index contributed by atoms with van der Waals surface area (Å²) in [6.07, 6.45) is 1.28. The van der Waals surface area contributed by atoms with E-state index in [0.29, 0.717) is 5.56 Å². The number of nitro benzene ring substituents is 1. The molecule has 0 saturated carbocycles. The molecule has 0 spiro atoms. The van der Waals surface area contributed by atoms with Gasteiger partial charge in [0.25, 0.3) is 11.6 Å². The molecule has 0 fully saturated rings. The lowest BCUT2D eigenvalue weighted by molar-refractivity contribution is -0.384. The predicted octanol–water partition coefficient (Wildman–Crippen LogP) is 2.38. The highest BCUT2D eigenvalue weighted by Gasteiger charge is 2.17. The van der Waals surface area contributed by atoms with E-state index >= 15 is 0 Å². The first kappa shape index (κ1) is 16.9. The number of hydrogen-bond acceptors (Lipinski definition) is 6. The molecule has 0 atom stereocenters. The number of carbonyl (C=O) groups excluding carboxylic acids is 1. The minimum atomic E-state index is -0.668. The van der Waals surface area contributed by atoms with Gasteiger partial charge in [-0.05, 0) is 25.1 Å². The van der Waals surface area contributed by atoms with Gasteiger partial charge in [-0.3, -0.25) is 14.9 Å². The zero-order valence-corrected chi connectivity index (χ0v) is 13.0. The van der Waals surface area contributed by atoms with Crippen LogP contribution in [0.15, 0.2) is 41.5 Å². The maximum atomic E-state index is 12.2. The number of benzene rings is 2. The molecule has 1 amide bonds. The number of nitro groups is 1. The van der Waals surface area contributed by atoms with E-state index < -0.39 is 10.8 Å². The topological polar surface area (TPSA) is 114 Å². The molecule has 0 unspecified atom stereocenters. The third-order valence-corrected chi connectivity index (χ3v) is 3.19. The van der Waals surface area contributed by atoms with E-state index in [0.717, 1.165) is 11.6 Å². The Balaban J connectivity index is 2.20. The zero-order chi connectivity index (χ0) is 17.7. The summed E-state index contributed by atoms with van der Waals surface area (Å²) in [5.41, 5.74) is 3.35. The predicted molar refractivity (Wildman–Crippen MR) is 87.6 cm³/mol. The Kier molecular flexibility index (Phi) is 5.10. The molecule has 2 aromatic carbocycles. The van der Waals surface area contributed by atoms with Crippen LogP contribution in [0.4, 0.5) is 5.69 Å². The van der Waals surface area contributed by atoms with Crippen molar-refractivity contribution in [3.63, 3.8) is 0 Å². The van der Waals surface area contributed by atoms with Crippen molar-refractivity contribution in [2.24, 2.45) is 5.10 Å². The molecule has 8 heteroatoms. The van der Waals surface area contributed by atoms with E-state index in [-0.39, 0.29) is 22.7 Å². The molecule has 0 radical (unpaired) electrons. The largest absolute Gasteiger partial charge is 0.507 e. The summed E-state index contributed by atoms with van der Waals surface area (Å²) in [5.74, 6) is -0.461. The van der Waals surface area contributed by atoms with E-state index in [1.54, 1.807) is 12.1 Å². The van der Waals surface area contributed by atoms with Crippen molar-refractivity contribution in [3.8, 4) is 11.5 Å². The molecule has 2 rings (SSSR count). The minimum absolute atomic E-state index is 0.0164. The molecular formula is C16H15N3O5. The Morgan fingerprint density at radius 3 is 2.75 bits per heavy atom. The van der Waals surface area contributed by atoms with Crippen molar-refractivity contribution in [2.75, 3.05) is 7.11 Å². The first-order valence-electron chi connectivity index (χ1n) is 6.88. The van der Waals surface area contributed by atoms with Gasteiger partial charge in [-0.25, -0.2) is 5.43 Å². The number of ether oxygens (including phenoxy) is 1. The smallest absolute Gasteiger partial charge is 0.275 e. The fraction of sp³-hybridized carbons (Fsp3) is 0.125. The third-order valence-electron chi connectivity index (χ3n) is 3.19. The SMILES string of the molecule is COc1ccc([N+](=O)[O-])cc1C(=O)N/N=C\c1cc(C)ccc1O. The van der Waals surface area contributed by atoms with Crippen molar-refractivity contribution in [1.82, 2.24) is 5.43 Å². The second kappa shape index (κ2) is 7.23. The van der Waals surface area contributed by atoms with Gasteiger partial charge in [-0.2, -0.15) is 5.10 Å². The number of phenolic OH excluding ortho intramolecular Hbond substituents is 1. The summed E-state index contributed by atoms with van der Waals surface area (Å²) in [4.78, 5) is 22.4. The molecule has 124 valence electrons. The standard InChI is InChI=1S/C16H15N3O5/c1-10-3-5-14(20)11(7-10)9-17-18-16(21)13-8-12(19(22)23)4-6-15(13)24-2/h3-9,20H,1-2H3,(H,18,21)/b17-9-. The van der Waals surface area contributed by atoms with Crippen LogP contribution in [0.5, 0.6) is 11.5 Å². The van der Waals surface area contributed by atoms with Crippen molar-refractivity contribution in [1.29, 1.82) is 0 Å². The molecule has 0 heterocycles. The lowest BCUT2D eigenvalue weighted by Crippen LogP contribution is -2.18. The average molecular weight is 329 g/mol. The van der Waals surface area contributed by atoms with E-state index in [4.69, 9.17) is 4.74 Å². The van der Waals surface area contributed by atoms with Gasteiger partial charge in [0.15, 0.2) is 0 Å². The van der Waals surface area contributed by atoms with E-state index in [1.165, 1.54) is 31.5 Å². The van der Waals surface area contributed by atoms with Crippen LogP contribution in [-0.4, -0.2) is 29.3 Å². The monoisotopic (exact) mass is 329 g/mol. The number of phenols is 1. The van der Waals surface area contributed by atoms with Crippen LogP contribution in [0.25, 0.3) is 0 Å². The van der Waals surface area contributed by atoms with Crippen molar-refractivity contribution >= 4 is 17.8 Å². The van der Waals surface area contributed by atoms with Gasteiger partial charge >= 0.3 is 0 Å². The molecule has 0 saturated heterocycles. The molecule has 2 aromatic rings. The number of aryl methyl sites for hydroxylation is 1. The first-order chi connectivity index (χ1) is 11.4. The van der Waals surface area contributed by atoms with E-state index in [1.807, 2.05) is 6.92 Å². The number of nitrogens with one attached hydrogen (secondary N) is 1. The highest BCUT2D eigenvalue weighted by Crippen LogP contribution is 2.23. The molecule has 24 heavy (non-hydrogen) atoms. The summed E-state index contributed by atoms with van der Waals surface area (Å²) in [6.45, 7) is 1.85. The highest BCUT2D eigenvalue weighted by atomic mass is 16.6. The van der Waals surface area contributed by atoms with Crippen molar-refractivity contribution < 1.29 is 19.6 Å². The third kappa shape index (κ3) is 3.86. The molecule has 0 bridgehead atoms. The second-order valence-corrected chi connectivity index (χ2v) is 4.90. The Labute approximate surface area is 137 Å². The Hall–Kier alpha value is -3.42. The van der Waals surface area contributed by atoms with Crippen LogP contribution in [0.1, 0.15) is 21.5 Å². The van der Waals surface area contributed by atoms with Gasteiger partial charge < -0.3 is 9.84 Å². The number of nitrogens with zero attached hydrogens (tertiary/aromatic N) is 2. The van der Waals surface area contributed by atoms with Crippen molar-refractivity contribution in [2.45, 2.75) is 6.92 Å². The summed E-state index contributed by atoms with van der Waals surface area (Å²) in [5, 5.41) is 24.3. The summed E-state index contributed by atoms with van der Waals surface area (Å²) in [7, 11) is 1.35. The lowest BCUT2D eigenvalue weighted by atomic mass is 10.1. The molecule has 0 aromatic heterocycles. The fourth-order valence-corrected chi connectivity index (χ4v) is 1.98. The van der Waals surface area contributed by atoms with Crippen LogP contribution >= 0.6 is 0 Å². The normalized spacial score (nSPS) is 10.6. The van der Waals surface area contributed by atoms with Gasteiger partial charge in [0.1, 0.15) is 11.5 Å². The fourth-order valence-electron chi connectivity index (χ4n) is 1.98. The Morgan fingerprint density at radius 2 is 2.08 bits per heavy atom. The second-order valence-electron chi connectivity index (χ2n) is 4.90. The number of carbonyl (C=O) groups is 1. The number of hydrazone groups is 1. The molecule has 8 nitrogen and oxygen atoms in total. The van der Waals surface area contributed by atoms with Crippen LogP contribution in [0.2, 0.25) is 0 Å². The average Bonchev–Trinajstić information content (AvgIpc) is 2.57. The van der Waals surface area contributed by atoms with Crippen LogP contribution in [0, 0.1) is 17.0 Å². The Morgan fingerprint density at radius 1 is 1.33 bits per heavy atom. The zero-order valence-electron chi connectivity index (χ0n) is 13.0. The number of non-ortho nitro benzene ring substituents is 1. The van der Waals surface area contributed by atoms with Gasteiger partial charge in [0.05, 0.1) is 23.8 Å². The Bertz CT molecular complexity index is 817. The van der Waals surface area contributed by atoms with Crippen LogP contribution < -0.4 is 10.2 Å². The van der Waals surface area contributed by atoms with Crippen molar-refractivity contribution in [3.05, 3.63) is 63.2 Å². The number of methoxy groups -OCH3 is 1. The molecule has 0 aliphatic heterocycles. The number of hydrogen-bond donors (Lipinski definition) is 2. The summed E-state index contributed by atoms with van der Waals surface area (Å²) < 4.78 is 5.03.